The molecule has 1 aromatic carbocycles. The average Bonchev–Trinajstić information content (AvgIpc) is 3.49. The first-order valence-corrected chi connectivity index (χ1v) is 11.7. The van der Waals surface area contributed by atoms with Crippen LogP contribution < -0.4 is 25.0 Å². The van der Waals surface area contributed by atoms with Crippen molar-refractivity contribution >= 4 is 11.6 Å². The molecule has 32 heavy (non-hydrogen) atoms. The van der Waals surface area contributed by atoms with Gasteiger partial charge in [0, 0.05) is 57.6 Å². The van der Waals surface area contributed by atoms with E-state index in [2.05, 4.69) is 37.9 Å². The third kappa shape index (κ3) is 5.66. The van der Waals surface area contributed by atoms with Crippen LogP contribution in [-0.4, -0.2) is 55.1 Å². The van der Waals surface area contributed by atoms with Crippen molar-refractivity contribution in [3.8, 4) is 11.5 Å². The van der Waals surface area contributed by atoms with Gasteiger partial charge in [0.1, 0.15) is 11.5 Å². The van der Waals surface area contributed by atoms with Crippen LogP contribution in [0.15, 0.2) is 35.6 Å². The smallest absolute Gasteiger partial charge is 0.191 e. The van der Waals surface area contributed by atoms with Gasteiger partial charge < -0.3 is 25.0 Å². The monoisotopic (exact) mass is 440 g/mol. The first kappa shape index (κ1) is 22.3. The number of nitrogens with one attached hydrogen (secondary N) is 2. The Morgan fingerprint density at radius 1 is 1.22 bits per heavy atom. The third-order valence-corrected chi connectivity index (χ3v) is 6.36. The Hall–Kier alpha value is -2.90. The minimum atomic E-state index is 0.305. The van der Waals surface area contributed by atoms with Gasteiger partial charge in [-0.25, -0.2) is 0 Å². The van der Waals surface area contributed by atoms with Crippen molar-refractivity contribution in [3.63, 3.8) is 0 Å². The van der Waals surface area contributed by atoms with Crippen LogP contribution >= 0.6 is 0 Å². The second-order valence-electron chi connectivity index (χ2n) is 8.73. The quantitative estimate of drug-likeness (QED) is 0.509. The predicted molar refractivity (Wildman–Crippen MR) is 128 cm³/mol. The molecule has 174 valence electrons. The van der Waals surface area contributed by atoms with Crippen LogP contribution in [0, 0.1) is 0 Å². The standard InChI is InChI=1S/C24H36N6O2/c1-25-24(28-19-7-6-12-30(16-19)20-15-27-29(2)17-20)26-14-18-10-11-22(31-3)13-23(18)32-21-8-4-5-9-21/h10-11,13,15,17,19,21H,4-9,12,14,16H2,1-3H3,(H2,25,26,28). The Labute approximate surface area is 191 Å². The number of anilines is 1. The molecule has 2 N–H and O–H groups in total. The SMILES string of the molecule is CN=C(NCc1ccc(OC)cc1OC1CCCC1)NC1CCCN(c2cnn(C)c2)C1. The third-order valence-electron chi connectivity index (χ3n) is 6.36. The summed E-state index contributed by atoms with van der Waals surface area (Å²) in [5.41, 5.74) is 2.29. The number of aryl methyl sites for hydroxylation is 1. The van der Waals surface area contributed by atoms with Crippen LogP contribution in [0.5, 0.6) is 11.5 Å². The first-order chi connectivity index (χ1) is 15.6. The molecule has 8 heteroatoms. The highest BCUT2D eigenvalue weighted by Gasteiger charge is 2.22. The summed E-state index contributed by atoms with van der Waals surface area (Å²) in [7, 11) is 5.47. The van der Waals surface area contributed by atoms with E-state index in [4.69, 9.17) is 9.47 Å². The zero-order valence-electron chi connectivity index (χ0n) is 19.5. The van der Waals surface area contributed by atoms with Crippen LogP contribution in [0.25, 0.3) is 0 Å². The van der Waals surface area contributed by atoms with Crippen molar-refractivity contribution in [2.24, 2.45) is 12.0 Å². The molecule has 0 spiro atoms. The lowest BCUT2D eigenvalue weighted by molar-refractivity contribution is 0.207. The second kappa shape index (κ2) is 10.6. The number of benzene rings is 1. The summed E-state index contributed by atoms with van der Waals surface area (Å²) in [5, 5.41) is 11.4. The van der Waals surface area contributed by atoms with Crippen LogP contribution in [-0.2, 0) is 13.6 Å². The molecule has 0 bridgehead atoms. The van der Waals surface area contributed by atoms with Gasteiger partial charge in [0.05, 0.1) is 25.1 Å². The number of ether oxygens (including phenoxy) is 2. The number of hydrogen-bond donors (Lipinski definition) is 2. The van der Waals surface area contributed by atoms with E-state index in [0.29, 0.717) is 18.7 Å². The van der Waals surface area contributed by atoms with Crippen molar-refractivity contribution < 1.29 is 9.47 Å². The van der Waals surface area contributed by atoms with E-state index in [9.17, 15) is 0 Å². The molecule has 1 atom stereocenters. The van der Waals surface area contributed by atoms with Gasteiger partial charge in [0.15, 0.2) is 5.96 Å². The fourth-order valence-corrected chi connectivity index (χ4v) is 4.57. The lowest BCUT2D eigenvalue weighted by Gasteiger charge is -2.34. The highest BCUT2D eigenvalue weighted by molar-refractivity contribution is 5.80. The zero-order valence-corrected chi connectivity index (χ0v) is 19.5. The Bertz CT molecular complexity index is 906. The van der Waals surface area contributed by atoms with Gasteiger partial charge in [-0.1, -0.05) is 0 Å². The number of aliphatic imine (C=N–C) groups is 1. The Balaban J connectivity index is 1.36. The van der Waals surface area contributed by atoms with Gasteiger partial charge >= 0.3 is 0 Å². The van der Waals surface area contributed by atoms with Crippen LogP contribution in [0.2, 0.25) is 0 Å². The molecule has 2 heterocycles. The number of methoxy groups -OCH3 is 1. The molecule has 1 aliphatic heterocycles. The molecule has 0 radical (unpaired) electrons. The normalized spacial score (nSPS) is 19.8. The molecule has 2 aliphatic rings. The van der Waals surface area contributed by atoms with Crippen molar-refractivity contribution in [2.75, 3.05) is 32.1 Å². The zero-order chi connectivity index (χ0) is 22.3. The van der Waals surface area contributed by atoms with Gasteiger partial charge in [0.2, 0.25) is 0 Å². The first-order valence-electron chi connectivity index (χ1n) is 11.7. The maximum atomic E-state index is 6.34. The molecule has 2 fully saturated rings. The van der Waals surface area contributed by atoms with Crippen molar-refractivity contribution in [3.05, 3.63) is 36.2 Å². The van der Waals surface area contributed by atoms with E-state index >= 15 is 0 Å². The number of piperidine rings is 1. The van der Waals surface area contributed by atoms with Gasteiger partial charge in [-0.3, -0.25) is 9.67 Å². The van der Waals surface area contributed by atoms with Gasteiger partial charge in [0.25, 0.3) is 0 Å². The summed E-state index contributed by atoms with van der Waals surface area (Å²) in [5.74, 6) is 2.53. The minimum absolute atomic E-state index is 0.305. The van der Waals surface area contributed by atoms with E-state index in [1.54, 1.807) is 7.11 Å². The van der Waals surface area contributed by atoms with E-state index in [1.807, 2.05) is 37.1 Å². The Morgan fingerprint density at radius 2 is 2.06 bits per heavy atom. The fraction of sp³-hybridized carbons (Fsp3) is 0.583. The number of rotatable bonds is 7. The molecule has 0 amide bonds. The van der Waals surface area contributed by atoms with Crippen LogP contribution in [0.3, 0.4) is 0 Å². The molecule has 1 saturated heterocycles. The lowest BCUT2D eigenvalue weighted by atomic mass is 10.1. The molecular weight excluding hydrogens is 404 g/mol. The number of hydrogen-bond acceptors (Lipinski definition) is 5. The highest BCUT2D eigenvalue weighted by atomic mass is 16.5. The molecule has 1 aliphatic carbocycles. The van der Waals surface area contributed by atoms with Crippen LogP contribution in [0.4, 0.5) is 5.69 Å². The molecule has 1 aromatic heterocycles. The molecular formula is C24H36N6O2. The Morgan fingerprint density at radius 3 is 2.78 bits per heavy atom. The van der Waals surface area contributed by atoms with Crippen molar-refractivity contribution in [1.82, 2.24) is 20.4 Å². The molecule has 1 unspecified atom stereocenters. The molecule has 1 saturated carbocycles. The summed E-state index contributed by atoms with van der Waals surface area (Å²) >= 11 is 0. The molecule has 4 rings (SSSR count). The molecule has 2 aromatic rings. The van der Waals surface area contributed by atoms with Gasteiger partial charge in [-0.05, 0) is 50.7 Å². The summed E-state index contributed by atoms with van der Waals surface area (Å²) < 4.78 is 13.6. The highest BCUT2D eigenvalue weighted by Crippen LogP contribution is 2.30. The van der Waals surface area contributed by atoms with E-state index in [-0.39, 0.29) is 0 Å². The summed E-state index contributed by atoms with van der Waals surface area (Å²) in [6, 6.07) is 6.40. The number of nitrogens with zero attached hydrogens (tertiary/aromatic N) is 4. The number of aromatic nitrogens is 2. The largest absolute Gasteiger partial charge is 0.497 e. The van der Waals surface area contributed by atoms with E-state index in [1.165, 1.54) is 18.5 Å². The average molecular weight is 441 g/mol. The van der Waals surface area contributed by atoms with Crippen molar-refractivity contribution in [1.29, 1.82) is 0 Å². The van der Waals surface area contributed by atoms with Crippen LogP contribution in [0.1, 0.15) is 44.1 Å². The second-order valence-corrected chi connectivity index (χ2v) is 8.73. The summed E-state index contributed by atoms with van der Waals surface area (Å²) in [6.07, 6.45) is 11.3. The van der Waals surface area contributed by atoms with E-state index in [0.717, 1.165) is 61.8 Å². The fourth-order valence-electron chi connectivity index (χ4n) is 4.57. The molecule has 8 nitrogen and oxygen atoms in total. The summed E-state index contributed by atoms with van der Waals surface area (Å²) in [6.45, 7) is 2.64. The predicted octanol–water partition coefficient (Wildman–Crippen LogP) is 3.08. The maximum Gasteiger partial charge on any atom is 0.191 e. The lowest BCUT2D eigenvalue weighted by Crippen LogP contribution is -2.51. The Kier molecular flexibility index (Phi) is 7.39. The summed E-state index contributed by atoms with van der Waals surface area (Å²) in [4.78, 5) is 6.85. The topological polar surface area (TPSA) is 75.9 Å². The van der Waals surface area contributed by atoms with Crippen molar-refractivity contribution in [2.45, 2.75) is 57.2 Å². The minimum Gasteiger partial charge on any atom is -0.497 e. The number of guanidine groups is 1. The van der Waals surface area contributed by atoms with Gasteiger partial charge in [-0.2, -0.15) is 5.10 Å². The van der Waals surface area contributed by atoms with E-state index < -0.39 is 0 Å². The van der Waals surface area contributed by atoms with Gasteiger partial charge in [-0.15, -0.1) is 0 Å². The maximum absolute atomic E-state index is 6.34.